The highest BCUT2D eigenvalue weighted by molar-refractivity contribution is 7.89. The van der Waals surface area contributed by atoms with Crippen LogP contribution in [-0.2, 0) is 23.0 Å². The Morgan fingerprint density at radius 3 is 2.29 bits per heavy atom. The number of likely N-dealkylation sites (N-methyl/N-ethyl adjacent to an activating group) is 1. The topological polar surface area (TPSA) is 90.0 Å². The summed E-state index contributed by atoms with van der Waals surface area (Å²) in [4.78, 5) is 32.4. The van der Waals surface area contributed by atoms with Gasteiger partial charge in [0.2, 0.25) is 10.0 Å². The molecule has 2 fully saturated rings. The smallest absolute Gasteiger partial charge is 0.257 e. The van der Waals surface area contributed by atoms with E-state index in [1.807, 2.05) is 4.90 Å². The van der Waals surface area contributed by atoms with Crippen LogP contribution in [0.5, 0.6) is 0 Å². The van der Waals surface area contributed by atoms with Crippen molar-refractivity contribution in [3.8, 4) is 0 Å². The van der Waals surface area contributed by atoms with Gasteiger partial charge in [-0.1, -0.05) is 13.8 Å². The number of anilines is 1. The van der Waals surface area contributed by atoms with Gasteiger partial charge in [0.1, 0.15) is 5.00 Å². The molecule has 1 aromatic carbocycles. The van der Waals surface area contributed by atoms with Gasteiger partial charge in [0, 0.05) is 49.7 Å². The van der Waals surface area contributed by atoms with E-state index in [1.54, 1.807) is 16.4 Å². The number of nitrogens with one attached hydrogen (secondary N) is 1. The maximum atomic E-state index is 13.6. The number of fused-ring (bicyclic) bond motifs is 1. The van der Waals surface area contributed by atoms with Crippen molar-refractivity contribution >= 4 is 38.2 Å². The van der Waals surface area contributed by atoms with Gasteiger partial charge >= 0.3 is 0 Å². The Morgan fingerprint density at radius 2 is 1.63 bits per heavy atom. The third-order valence-corrected chi connectivity index (χ3v) is 10.9. The average molecular weight is 559 g/mol. The first-order valence-corrected chi connectivity index (χ1v) is 15.9. The predicted octanol–water partition coefficient (Wildman–Crippen LogP) is 4.28. The van der Waals surface area contributed by atoms with E-state index in [1.165, 1.54) is 23.5 Å². The lowest BCUT2D eigenvalue weighted by Gasteiger charge is -2.34. The van der Waals surface area contributed by atoms with Crippen molar-refractivity contribution in [3.63, 3.8) is 0 Å². The second-order valence-corrected chi connectivity index (χ2v) is 14.3. The van der Waals surface area contributed by atoms with Gasteiger partial charge in [-0.05, 0) is 80.8 Å². The summed E-state index contributed by atoms with van der Waals surface area (Å²) >= 11 is 1.48. The summed E-state index contributed by atoms with van der Waals surface area (Å²) in [6.45, 7) is 8.33. The fourth-order valence-electron chi connectivity index (χ4n) is 6.01. The Labute approximate surface area is 230 Å². The van der Waals surface area contributed by atoms with Crippen LogP contribution in [0.3, 0.4) is 0 Å². The summed E-state index contributed by atoms with van der Waals surface area (Å²) in [6.07, 6.45) is 4.96. The number of carbonyl (C=O) groups is 2. The molecular weight excluding hydrogens is 520 g/mol. The third-order valence-electron chi connectivity index (χ3n) is 7.92. The summed E-state index contributed by atoms with van der Waals surface area (Å²) < 4.78 is 28.0. The van der Waals surface area contributed by atoms with Crippen molar-refractivity contribution in [2.45, 2.75) is 57.4 Å². The number of nitrogens with zero attached hydrogens (tertiary/aromatic N) is 3. The first-order chi connectivity index (χ1) is 18.1. The molecule has 2 atom stereocenters. The zero-order chi connectivity index (χ0) is 27.0. The van der Waals surface area contributed by atoms with Gasteiger partial charge in [0.15, 0.2) is 0 Å². The van der Waals surface area contributed by atoms with Crippen LogP contribution in [0.2, 0.25) is 0 Å². The highest BCUT2D eigenvalue weighted by Crippen LogP contribution is 2.38. The zero-order valence-electron chi connectivity index (χ0n) is 22.5. The molecule has 2 saturated heterocycles. The largest absolute Gasteiger partial charge is 0.339 e. The van der Waals surface area contributed by atoms with Crippen LogP contribution in [0.4, 0.5) is 5.00 Å². The van der Waals surface area contributed by atoms with Crippen LogP contribution in [0.15, 0.2) is 29.2 Å². The summed E-state index contributed by atoms with van der Waals surface area (Å²) in [5, 5.41) is 3.60. The zero-order valence-corrected chi connectivity index (χ0v) is 24.2. The van der Waals surface area contributed by atoms with Gasteiger partial charge in [-0.25, -0.2) is 8.42 Å². The quantitative estimate of drug-likeness (QED) is 0.592. The van der Waals surface area contributed by atoms with Crippen LogP contribution in [-0.4, -0.2) is 74.1 Å². The Morgan fingerprint density at radius 1 is 0.974 bits per heavy atom. The fraction of sp³-hybridized carbons (Fsp3) is 0.571. The number of thiophene rings is 1. The van der Waals surface area contributed by atoms with Gasteiger partial charge in [0.25, 0.3) is 11.8 Å². The maximum absolute atomic E-state index is 13.6. The molecular formula is C28H38N4O4S2. The minimum atomic E-state index is -3.62. The molecule has 0 bridgehead atoms. The van der Waals surface area contributed by atoms with Crippen molar-refractivity contribution in [2.24, 2.45) is 11.8 Å². The normalized spacial score (nSPS) is 23.2. The minimum absolute atomic E-state index is 0.00785. The minimum Gasteiger partial charge on any atom is -0.339 e. The lowest BCUT2D eigenvalue weighted by Crippen LogP contribution is -2.42. The number of carbonyl (C=O) groups excluding carboxylic acids is 2. The number of amides is 2. The van der Waals surface area contributed by atoms with Gasteiger partial charge in [-0.15, -0.1) is 11.3 Å². The standard InChI is InChI=1S/C28H38N4O4S2/c1-19-15-20(2)17-32(16-19)38(35,36)22-9-7-21(8-10-22)26(33)29-27-25(28(34)31-12-5-4-6-13-31)23-11-14-30(3)18-24(23)37-27/h7-10,19-20H,4-6,11-18H2,1-3H3,(H,29,33). The second-order valence-electron chi connectivity index (χ2n) is 11.3. The molecule has 2 aromatic rings. The molecule has 3 aliphatic heterocycles. The monoisotopic (exact) mass is 558 g/mol. The molecule has 0 saturated carbocycles. The van der Waals surface area contributed by atoms with Crippen LogP contribution in [0.1, 0.15) is 70.7 Å². The maximum Gasteiger partial charge on any atom is 0.257 e. The number of piperidine rings is 2. The number of rotatable bonds is 5. The molecule has 206 valence electrons. The summed E-state index contributed by atoms with van der Waals surface area (Å²) in [6, 6.07) is 6.16. The molecule has 10 heteroatoms. The fourth-order valence-corrected chi connectivity index (χ4v) is 9.00. The molecule has 1 aromatic heterocycles. The molecule has 3 aliphatic rings. The predicted molar refractivity (Wildman–Crippen MR) is 150 cm³/mol. The van der Waals surface area contributed by atoms with Gasteiger partial charge in [-0.2, -0.15) is 4.31 Å². The molecule has 38 heavy (non-hydrogen) atoms. The van der Waals surface area contributed by atoms with Gasteiger partial charge in [0.05, 0.1) is 10.5 Å². The molecule has 8 nitrogen and oxygen atoms in total. The molecule has 4 heterocycles. The average Bonchev–Trinajstić information content (AvgIpc) is 3.24. The van der Waals surface area contributed by atoms with Gasteiger partial charge < -0.3 is 15.1 Å². The first-order valence-electron chi connectivity index (χ1n) is 13.7. The Hall–Kier alpha value is -2.27. The SMILES string of the molecule is CC1CC(C)CN(S(=O)(=O)c2ccc(C(=O)Nc3sc4c(c3C(=O)N3CCCCC3)CCN(C)C4)cc2)C1. The summed E-state index contributed by atoms with van der Waals surface area (Å²) in [7, 11) is -1.55. The number of benzene rings is 1. The lowest BCUT2D eigenvalue weighted by molar-refractivity contribution is 0.0724. The Bertz CT molecular complexity index is 1290. The van der Waals surface area contributed by atoms with Crippen molar-refractivity contribution < 1.29 is 18.0 Å². The molecule has 1 N–H and O–H groups in total. The van der Waals surface area contributed by atoms with Crippen LogP contribution in [0.25, 0.3) is 0 Å². The first kappa shape index (κ1) is 27.3. The van der Waals surface area contributed by atoms with Crippen molar-refractivity contribution in [3.05, 3.63) is 45.8 Å². The number of sulfonamides is 1. The lowest BCUT2D eigenvalue weighted by atomic mass is 9.94. The van der Waals surface area contributed by atoms with Crippen LogP contribution >= 0.6 is 11.3 Å². The van der Waals surface area contributed by atoms with Crippen molar-refractivity contribution in [1.82, 2.24) is 14.1 Å². The van der Waals surface area contributed by atoms with E-state index in [-0.39, 0.29) is 16.7 Å². The van der Waals surface area contributed by atoms with E-state index in [0.717, 1.165) is 68.7 Å². The third kappa shape index (κ3) is 5.54. The van der Waals surface area contributed by atoms with Crippen LogP contribution in [0, 0.1) is 11.8 Å². The van der Waals surface area contributed by atoms with Crippen molar-refractivity contribution in [2.75, 3.05) is 45.1 Å². The van der Waals surface area contributed by atoms with Crippen molar-refractivity contribution in [1.29, 1.82) is 0 Å². The van der Waals surface area contributed by atoms with E-state index in [2.05, 4.69) is 31.1 Å². The molecule has 0 aliphatic carbocycles. The van der Waals surface area contributed by atoms with E-state index < -0.39 is 10.0 Å². The molecule has 0 radical (unpaired) electrons. The molecule has 0 spiro atoms. The van der Waals surface area contributed by atoms with E-state index in [4.69, 9.17) is 0 Å². The number of likely N-dealkylation sites (tertiary alicyclic amines) is 1. The Kier molecular flexibility index (Phi) is 7.96. The molecule has 2 amide bonds. The highest BCUT2D eigenvalue weighted by atomic mass is 32.2. The summed E-state index contributed by atoms with van der Waals surface area (Å²) in [5.74, 6) is 0.302. The highest BCUT2D eigenvalue weighted by Gasteiger charge is 2.33. The molecule has 5 rings (SSSR count). The van der Waals surface area contributed by atoms with Crippen LogP contribution < -0.4 is 5.32 Å². The van der Waals surface area contributed by atoms with E-state index >= 15 is 0 Å². The van der Waals surface area contributed by atoms with E-state index in [0.29, 0.717) is 41.1 Å². The molecule has 2 unspecified atom stereocenters. The summed E-state index contributed by atoms with van der Waals surface area (Å²) in [5.41, 5.74) is 2.07. The number of hydrogen-bond acceptors (Lipinski definition) is 6. The van der Waals surface area contributed by atoms with E-state index in [9.17, 15) is 18.0 Å². The Balaban J connectivity index is 1.37. The van der Waals surface area contributed by atoms with Gasteiger partial charge in [-0.3, -0.25) is 9.59 Å². The second kappa shape index (κ2) is 11.1. The number of hydrogen-bond donors (Lipinski definition) is 1.